The van der Waals surface area contributed by atoms with E-state index in [2.05, 4.69) is 15.9 Å². The molecule has 1 aromatic rings. The normalized spacial score (nSPS) is 12.0. The first-order valence-electron chi connectivity index (χ1n) is 5.47. The fourth-order valence-corrected chi connectivity index (χ4v) is 1.97. The highest BCUT2D eigenvalue weighted by atomic mass is 79.9. The molecule has 1 rings (SSSR count). The molecule has 0 aliphatic heterocycles. The van der Waals surface area contributed by atoms with Crippen molar-refractivity contribution < 1.29 is 19.4 Å². The van der Waals surface area contributed by atoms with Gasteiger partial charge in [-0.2, -0.15) is 0 Å². The van der Waals surface area contributed by atoms with Crippen LogP contribution in [0.4, 0.5) is 0 Å². The van der Waals surface area contributed by atoms with E-state index in [4.69, 9.17) is 15.2 Å². The van der Waals surface area contributed by atoms with Crippen LogP contribution in [0.15, 0.2) is 16.6 Å². The van der Waals surface area contributed by atoms with E-state index >= 15 is 0 Å². The molecule has 0 amide bonds. The summed E-state index contributed by atoms with van der Waals surface area (Å²) in [6.45, 7) is 2.02. The van der Waals surface area contributed by atoms with E-state index in [1.165, 1.54) is 7.11 Å². The van der Waals surface area contributed by atoms with E-state index in [1.807, 2.05) is 0 Å². The molecule has 0 spiro atoms. The summed E-state index contributed by atoms with van der Waals surface area (Å²) < 4.78 is 10.3. The average molecular weight is 318 g/mol. The van der Waals surface area contributed by atoms with Gasteiger partial charge in [0.2, 0.25) is 0 Å². The molecule has 18 heavy (non-hydrogen) atoms. The highest BCUT2D eigenvalue weighted by Gasteiger charge is 2.18. The number of methoxy groups -OCH3 is 1. The van der Waals surface area contributed by atoms with Crippen molar-refractivity contribution in [2.75, 3.05) is 13.7 Å². The SMILES string of the molecule is CCOC(=O)C(N)Cc1ccc(OC)c(O)c1Br. The minimum absolute atomic E-state index is 0.00828. The van der Waals surface area contributed by atoms with Gasteiger partial charge in [-0.05, 0) is 40.9 Å². The zero-order valence-electron chi connectivity index (χ0n) is 10.3. The number of phenolic OH excluding ortho intramolecular Hbond substituents is 1. The fourth-order valence-electron chi connectivity index (χ4n) is 1.48. The topological polar surface area (TPSA) is 81.8 Å². The van der Waals surface area contributed by atoms with Crippen molar-refractivity contribution in [2.45, 2.75) is 19.4 Å². The van der Waals surface area contributed by atoms with Crippen molar-refractivity contribution in [3.8, 4) is 11.5 Å². The van der Waals surface area contributed by atoms with Gasteiger partial charge >= 0.3 is 5.97 Å². The third-order valence-electron chi connectivity index (χ3n) is 2.41. The van der Waals surface area contributed by atoms with Gasteiger partial charge in [-0.15, -0.1) is 0 Å². The number of nitrogens with two attached hydrogens (primary N) is 1. The average Bonchev–Trinajstić information content (AvgIpc) is 2.35. The van der Waals surface area contributed by atoms with Crippen molar-refractivity contribution in [1.29, 1.82) is 0 Å². The molecule has 100 valence electrons. The second kappa shape index (κ2) is 6.61. The Bertz CT molecular complexity index is 436. The summed E-state index contributed by atoms with van der Waals surface area (Å²) in [6.07, 6.45) is 0.275. The maximum absolute atomic E-state index is 11.4. The summed E-state index contributed by atoms with van der Waals surface area (Å²) in [6, 6.07) is 2.60. The standard InChI is InChI=1S/C12H16BrNO4/c1-3-18-12(16)8(14)6-7-4-5-9(17-2)11(15)10(7)13/h4-5,8,15H,3,6,14H2,1-2H3. The zero-order valence-corrected chi connectivity index (χ0v) is 11.9. The number of rotatable bonds is 5. The van der Waals surface area contributed by atoms with Crippen LogP contribution in [0.25, 0.3) is 0 Å². The van der Waals surface area contributed by atoms with Crippen molar-refractivity contribution in [3.05, 3.63) is 22.2 Å². The minimum Gasteiger partial charge on any atom is -0.503 e. The van der Waals surface area contributed by atoms with Crippen LogP contribution in [0.3, 0.4) is 0 Å². The van der Waals surface area contributed by atoms with Crippen molar-refractivity contribution in [1.82, 2.24) is 0 Å². The molecule has 0 aliphatic carbocycles. The molecule has 1 atom stereocenters. The second-order valence-electron chi connectivity index (χ2n) is 3.65. The van der Waals surface area contributed by atoms with Crippen LogP contribution in [0.1, 0.15) is 12.5 Å². The highest BCUT2D eigenvalue weighted by Crippen LogP contribution is 2.36. The molecular formula is C12H16BrNO4. The number of ether oxygens (including phenoxy) is 2. The first-order valence-corrected chi connectivity index (χ1v) is 6.27. The first kappa shape index (κ1) is 14.8. The number of benzene rings is 1. The number of esters is 1. The molecule has 0 saturated carbocycles. The molecule has 1 aromatic carbocycles. The smallest absolute Gasteiger partial charge is 0.323 e. The van der Waals surface area contributed by atoms with Gasteiger partial charge in [0, 0.05) is 0 Å². The maximum atomic E-state index is 11.4. The van der Waals surface area contributed by atoms with Crippen molar-refractivity contribution in [2.24, 2.45) is 5.73 Å². The van der Waals surface area contributed by atoms with Crippen LogP contribution in [0, 0.1) is 0 Å². The number of aromatic hydroxyl groups is 1. The van der Waals surface area contributed by atoms with Gasteiger partial charge in [0.05, 0.1) is 18.2 Å². The van der Waals surface area contributed by atoms with Crippen LogP contribution in [-0.4, -0.2) is 30.8 Å². The minimum atomic E-state index is -0.756. The molecule has 5 nitrogen and oxygen atoms in total. The summed E-state index contributed by atoms with van der Waals surface area (Å²) in [5.74, 6) is -0.110. The van der Waals surface area contributed by atoms with E-state index in [-0.39, 0.29) is 12.2 Å². The predicted molar refractivity (Wildman–Crippen MR) is 70.7 cm³/mol. The van der Waals surface area contributed by atoms with E-state index < -0.39 is 12.0 Å². The van der Waals surface area contributed by atoms with E-state index in [0.717, 1.165) is 0 Å². The Morgan fingerprint density at radius 3 is 2.78 bits per heavy atom. The lowest BCUT2D eigenvalue weighted by molar-refractivity contribution is -0.144. The number of halogens is 1. The van der Waals surface area contributed by atoms with Gasteiger partial charge in [-0.3, -0.25) is 4.79 Å². The van der Waals surface area contributed by atoms with Crippen LogP contribution in [0.5, 0.6) is 11.5 Å². The van der Waals surface area contributed by atoms with E-state index in [0.29, 0.717) is 22.4 Å². The molecule has 3 N–H and O–H groups in total. The summed E-state index contributed by atoms with van der Waals surface area (Å²) >= 11 is 3.25. The summed E-state index contributed by atoms with van der Waals surface area (Å²) in [5, 5.41) is 9.80. The van der Waals surface area contributed by atoms with Gasteiger partial charge in [0.25, 0.3) is 0 Å². The van der Waals surface area contributed by atoms with E-state index in [1.54, 1.807) is 19.1 Å². The molecule has 0 aromatic heterocycles. The molecule has 1 unspecified atom stereocenters. The lowest BCUT2D eigenvalue weighted by Gasteiger charge is -2.13. The molecule has 0 saturated heterocycles. The van der Waals surface area contributed by atoms with Crippen LogP contribution < -0.4 is 10.5 Å². The number of carbonyl (C=O) groups excluding carboxylic acids is 1. The van der Waals surface area contributed by atoms with Crippen LogP contribution in [0.2, 0.25) is 0 Å². The molecule has 0 aliphatic rings. The Morgan fingerprint density at radius 1 is 1.56 bits per heavy atom. The predicted octanol–water partition coefficient (Wildman–Crippen LogP) is 1.60. The van der Waals surface area contributed by atoms with Gasteiger partial charge in [-0.25, -0.2) is 0 Å². The fraction of sp³-hybridized carbons (Fsp3) is 0.417. The Kier molecular flexibility index (Phi) is 5.43. The number of hydrogen-bond donors (Lipinski definition) is 2. The molecule has 6 heteroatoms. The Balaban J connectivity index is 2.85. The van der Waals surface area contributed by atoms with Gasteiger partial charge in [-0.1, -0.05) is 6.07 Å². The molecule has 0 bridgehead atoms. The lowest BCUT2D eigenvalue weighted by Crippen LogP contribution is -2.34. The summed E-state index contributed by atoms with van der Waals surface area (Å²) in [4.78, 5) is 11.4. The van der Waals surface area contributed by atoms with Gasteiger partial charge in [0.15, 0.2) is 11.5 Å². The third-order valence-corrected chi connectivity index (χ3v) is 3.29. The number of phenols is 1. The Hall–Kier alpha value is -1.27. The lowest BCUT2D eigenvalue weighted by atomic mass is 10.1. The highest BCUT2D eigenvalue weighted by molar-refractivity contribution is 9.10. The second-order valence-corrected chi connectivity index (χ2v) is 4.45. The summed E-state index contributed by atoms with van der Waals surface area (Å²) in [5.41, 5.74) is 6.43. The summed E-state index contributed by atoms with van der Waals surface area (Å²) in [7, 11) is 1.46. The molecule has 0 heterocycles. The van der Waals surface area contributed by atoms with Crippen LogP contribution in [-0.2, 0) is 16.0 Å². The number of hydrogen-bond acceptors (Lipinski definition) is 5. The zero-order chi connectivity index (χ0) is 13.7. The molecular weight excluding hydrogens is 302 g/mol. The van der Waals surface area contributed by atoms with Gasteiger partial charge < -0.3 is 20.3 Å². The Morgan fingerprint density at radius 2 is 2.22 bits per heavy atom. The van der Waals surface area contributed by atoms with Gasteiger partial charge in [0.1, 0.15) is 6.04 Å². The molecule has 0 fully saturated rings. The quantitative estimate of drug-likeness (QED) is 0.806. The maximum Gasteiger partial charge on any atom is 0.323 e. The van der Waals surface area contributed by atoms with Crippen molar-refractivity contribution >= 4 is 21.9 Å². The molecule has 0 radical (unpaired) electrons. The largest absolute Gasteiger partial charge is 0.503 e. The van der Waals surface area contributed by atoms with Crippen molar-refractivity contribution in [3.63, 3.8) is 0 Å². The third kappa shape index (κ3) is 3.36. The monoisotopic (exact) mass is 317 g/mol. The number of carbonyl (C=O) groups is 1. The first-order chi connectivity index (χ1) is 8.51. The Labute approximate surface area is 114 Å². The van der Waals surface area contributed by atoms with E-state index in [9.17, 15) is 9.90 Å². The van der Waals surface area contributed by atoms with Crippen LogP contribution >= 0.6 is 15.9 Å².